The smallest absolute Gasteiger partial charge is 0.329 e. The van der Waals surface area contributed by atoms with E-state index in [4.69, 9.17) is 4.74 Å². The molecule has 90 valence electrons. The predicted octanol–water partition coefficient (Wildman–Crippen LogP) is 1.12. The van der Waals surface area contributed by atoms with E-state index in [0.29, 0.717) is 0 Å². The number of nitrogens with zero attached hydrogens (tertiary/aromatic N) is 2. The van der Waals surface area contributed by atoms with Crippen molar-refractivity contribution in [2.24, 2.45) is 0 Å². The zero-order chi connectivity index (χ0) is 12.1. The summed E-state index contributed by atoms with van der Waals surface area (Å²) >= 11 is 0. The monoisotopic (exact) mass is 225 g/mol. The molecule has 0 spiro atoms. The molecule has 1 unspecified atom stereocenters. The van der Waals surface area contributed by atoms with Gasteiger partial charge in [-0.1, -0.05) is 0 Å². The fourth-order valence-corrected chi connectivity index (χ4v) is 1.56. The molecule has 0 saturated heterocycles. The minimum Gasteiger partial charge on any atom is -0.468 e. The molecule has 0 radical (unpaired) electrons. The zero-order valence-corrected chi connectivity index (χ0v) is 10.2. The number of ether oxygens (including phenoxy) is 1. The molecule has 0 aliphatic rings. The van der Waals surface area contributed by atoms with Gasteiger partial charge in [0.15, 0.2) is 0 Å². The van der Waals surface area contributed by atoms with Crippen LogP contribution in [0.4, 0.5) is 0 Å². The molecule has 0 saturated carbocycles. The highest BCUT2D eigenvalue weighted by molar-refractivity contribution is 5.76. The summed E-state index contributed by atoms with van der Waals surface area (Å²) < 4.78 is 6.72. The molecule has 0 fully saturated rings. The van der Waals surface area contributed by atoms with Crippen molar-refractivity contribution in [1.82, 2.24) is 14.9 Å². The summed E-state index contributed by atoms with van der Waals surface area (Å²) in [4.78, 5) is 15.7. The molecular formula is C11H19N3O2. The van der Waals surface area contributed by atoms with E-state index in [9.17, 15) is 4.79 Å². The average molecular weight is 225 g/mol. The Morgan fingerprint density at radius 2 is 2.31 bits per heavy atom. The molecule has 1 aromatic heterocycles. The normalized spacial score (nSPS) is 12.8. The molecule has 1 rings (SSSR count). The zero-order valence-electron chi connectivity index (χ0n) is 10.2. The van der Waals surface area contributed by atoms with Crippen molar-refractivity contribution in [3.05, 3.63) is 18.2 Å². The van der Waals surface area contributed by atoms with Crippen LogP contribution in [0.25, 0.3) is 0 Å². The highest BCUT2D eigenvalue weighted by Gasteiger charge is 2.24. The van der Waals surface area contributed by atoms with E-state index in [2.05, 4.69) is 10.3 Å². The van der Waals surface area contributed by atoms with Gasteiger partial charge in [0.25, 0.3) is 0 Å². The minimum atomic E-state index is -0.451. The van der Waals surface area contributed by atoms with E-state index in [1.807, 2.05) is 25.3 Å². The van der Waals surface area contributed by atoms with Crippen LogP contribution in [-0.2, 0) is 16.1 Å². The van der Waals surface area contributed by atoms with E-state index < -0.39 is 6.04 Å². The second kappa shape index (κ2) is 5.65. The lowest BCUT2D eigenvalue weighted by molar-refractivity contribution is -0.143. The number of carbonyl (C=O) groups excluding carboxylic acids is 1. The second-order valence-electron chi connectivity index (χ2n) is 3.88. The maximum absolute atomic E-state index is 11.7. The lowest BCUT2D eigenvalue weighted by Gasteiger charge is -2.19. The van der Waals surface area contributed by atoms with Crippen molar-refractivity contribution in [2.45, 2.75) is 39.4 Å². The highest BCUT2D eigenvalue weighted by atomic mass is 16.5. The van der Waals surface area contributed by atoms with E-state index in [0.717, 1.165) is 12.2 Å². The number of methoxy groups -OCH3 is 1. The molecule has 1 heterocycles. The van der Waals surface area contributed by atoms with Crippen LogP contribution in [-0.4, -0.2) is 28.7 Å². The fraction of sp³-hybridized carbons (Fsp3) is 0.636. The van der Waals surface area contributed by atoms with Crippen LogP contribution < -0.4 is 5.32 Å². The van der Waals surface area contributed by atoms with Gasteiger partial charge in [-0.05, 0) is 20.8 Å². The van der Waals surface area contributed by atoms with Crippen LogP contribution in [0.3, 0.4) is 0 Å². The summed E-state index contributed by atoms with van der Waals surface area (Å²) in [6, 6.07) is -0.253. The molecule has 1 atom stereocenters. The summed E-state index contributed by atoms with van der Waals surface area (Å²) in [5.41, 5.74) is 0.836. The quantitative estimate of drug-likeness (QED) is 0.763. The number of aryl methyl sites for hydroxylation is 1. The molecule has 16 heavy (non-hydrogen) atoms. The Labute approximate surface area is 95.8 Å². The standard InChI is InChI=1S/C11H19N3O2/c1-5-14-7-12-6-9(14)10(11(15)16-4)13-8(2)3/h6-8,10,13H,5H2,1-4H3. The van der Waals surface area contributed by atoms with Crippen molar-refractivity contribution in [1.29, 1.82) is 0 Å². The first-order valence-corrected chi connectivity index (χ1v) is 5.44. The molecule has 0 aliphatic heterocycles. The number of carbonyl (C=O) groups is 1. The van der Waals surface area contributed by atoms with Crippen molar-refractivity contribution < 1.29 is 9.53 Å². The number of imidazole rings is 1. The second-order valence-corrected chi connectivity index (χ2v) is 3.88. The first kappa shape index (κ1) is 12.7. The number of aromatic nitrogens is 2. The summed E-state index contributed by atoms with van der Waals surface area (Å²) in [6.45, 7) is 6.77. The molecule has 5 heteroatoms. The van der Waals surface area contributed by atoms with E-state index in [-0.39, 0.29) is 12.0 Å². The van der Waals surface area contributed by atoms with E-state index >= 15 is 0 Å². The lowest BCUT2D eigenvalue weighted by Crippen LogP contribution is -2.35. The molecule has 1 aromatic rings. The Morgan fingerprint density at radius 3 is 2.81 bits per heavy atom. The molecule has 0 aliphatic carbocycles. The van der Waals surface area contributed by atoms with E-state index in [1.165, 1.54) is 7.11 Å². The van der Waals surface area contributed by atoms with Gasteiger partial charge in [-0.2, -0.15) is 0 Å². The Balaban J connectivity index is 2.96. The van der Waals surface area contributed by atoms with Crippen LogP contribution in [0.2, 0.25) is 0 Å². The molecule has 5 nitrogen and oxygen atoms in total. The van der Waals surface area contributed by atoms with Gasteiger partial charge in [0.05, 0.1) is 25.3 Å². The highest BCUT2D eigenvalue weighted by Crippen LogP contribution is 2.15. The van der Waals surface area contributed by atoms with Gasteiger partial charge in [-0.3, -0.25) is 5.32 Å². The molecule has 0 aromatic carbocycles. The predicted molar refractivity (Wildman–Crippen MR) is 60.9 cm³/mol. The van der Waals surface area contributed by atoms with Gasteiger partial charge < -0.3 is 9.30 Å². The van der Waals surface area contributed by atoms with Crippen molar-refractivity contribution in [3.8, 4) is 0 Å². The summed E-state index contributed by atoms with van der Waals surface area (Å²) in [6.07, 6.45) is 3.41. The number of hydrogen-bond donors (Lipinski definition) is 1. The summed E-state index contributed by atoms with van der Waals surface area (Å²) in [5, 5.41) is 3.17. The van der Waals surface area contributed by atoms with Crippen LogP contribution in [0.1, 0.15) is 32.5 Å². The summed E-state index contributed by atoms with van der Waals surface area (Å²) in [7, 11) is 1.39. The number of esters is 1. The van der Waals surface area contributed by atoms with Gasteiger partial charge in [0.2, 0.25) is 0 Å². The third kappa shape index (κ3) is 2.82. The number of rotatable bonds is 5. The SMILES string of the molecule is CCn1cncc1C(NC(C)C)C(=O)OC. The van der Waals surface area contributed by atoms with Crippen molar-refractivity contribution >= 4 is 5.97 Å². The maximum Gasteiger partial charge on any atom is 0.329 e. The van der Waals surface area contributed by atoms with Crippen LogP contribution >= 0.6 is 0 Å². The third-order valence-electron chi connectivity index (χ3n) is 2.32. The lowest BCUT2D eigenvalue weighted by atomic mass is 10.2. The Morgan fingerprint density at radius 1 is 1.62 bits per heavy atom. The Kier molecular flexibility index (Phi) is 4.49. The molecule has 1 N–H and O–H groups in total. The largest absolute Gasteiger partial charge is 0.468 e. The van der Waals surface area contributed by atoms with Crippen LogP contribution in [0.5, 0.6) is 0 Å². The molecule has 0 bridgehead atoms. The summed E-state index contributed by atoms with van der Waals surface area (Å²) in [5.74, 6) is -0.288. The van der Waals surface area contributed by atoms with Crippen LogP contribution in [0.15, 0.2) is 12.5 Å². The Bertz CT molecular complexity index is 347. The first-order chi connectivity index (χ1) is 7.60. The average Bonchev–Trinajstić information content (AvgIpc) is 2.72. The fourth-order valence-electron chi connectivity index (χ4n) is 1.56. The topological polar surface area (TPSA) is 56.2 Å². The number of nitrogens with one attached hydrogen (secondary N) is 1. The molecular weight excluding hydrogens is 206 g/mol. The van der Waals surface area contributed by atoms with Crippen molar-refractivity contribution in [2.75, 3.05) is 7.11 Å². The van der Waals surface area contributed by atoms with Gasteiger partial charge in [-0.15, -0.1) is 0 Å². The minimum absolute atomic E-state index is 0.198. The first-order valence-electron chi connectivity index (χ1n) is 5.44. The van der Waals surface area contributed by atoms with Gasteiger partial charge in [-0.25, -0.2) is 9.78 Å². The maximum atomic E-state index is 11.7. The van der Waals surface area contributed by atoms with Gasteiger partial charge in [0.1, 0.15) is 6.04 Å². The molecule has 0 amide bonds. The van der Waals surface area contributed by atoms with E-state index in [1.54, 1.807) is 12.5 Å². The third-order valence-corrected chi connectivity index (χ3v) is 2.32. The van der Waals surface area contributed by atoms with Gasteiger partial charge >= 0.3 is 5.97 Å². The Hall–Kier alpha value is -1.36. The van der Waals surface area contributed by atoms with Crippen molar-refractivity contribution in [3.63, 3.8) is 0 Å². The number of hydrogen-bond acceptors (Lipinski definition) is 4. The van der Waals surface area contributed by atoms with Crippen LogP contribution in [0, 0.1) is 0 Å². The van der Waals surface area contributed by atoms with Gasteiger partial charge in [0, 0.05) is 12.6 Å².